The lowest BCUT2D eigenvalue weighted by molar-refractivity contribution is 0.593. The van der Waals surface area contributed by atoms with Crippen molar-refractivity contribution in [3.05, 3.63) is 35.9 Å². The average Bonchev–Trinajstić information content (AvgIpc) is 2.16. The summed E-state index contributed by atoms with van der Waals surface area (Å²) in [5.41, 5.74) is 1.11. The van der Waals surface area contributed by atoms with Gasteiger partial charge in [-0.3, -0.25) is 5.41 Å². The Hall–Kier alpha value is -1.31. The number of guanidine groups is 1. The molecule has 6 nitrogen and oxygen atoms in total. The molecule has 0 aliphatic carbocycles. The second-order valence-corrected chi connectivity index (χ2v) is 4.48. The Balaban J connectivity index is 0.00000256. The number of halogens is 1. The standard InChI is InChI=1S/C9H14N4O2S.ClH/c10-9(13-16(11,14)15)12-7-6-8-4-2-1-3-5-8;/h1-5H,6-7H2,(H3,10,12,13)(H2,11,14,15);1H. The minimum absolute atomic E-state index is 0. The molecule has 0 aliphatic heterocycles. The molecule has 0 saturated carbocycles. The number of hydrogen-bond acceptors (Lipinski definition) is 3. The van der Waals surface area contributed by atoms with Crippen LogP contribution < -0.4 is 15.2 Å². The van der Waals surface area contributed by atoms with Gasteiger partial charge in [-0.05, 0) is 12.0 Å². The molecule has 0 fully saturated rings. The summed E-state index contributed by atoms with van der Waals surface area (Å²) in [6.07, 6.45) is 0.704. The highest BCUT2D eigenvalue weighted by molar-refractivity contribution is 7.87. The monoisotopic (exact) mass is 278 g/mol. The van der Waals surface area contributed by atoms with Crippen LogP contribution in [-0.2, 0) is 16.6 Å². The molecule has 0 saturated heterocycles. The summed E-state index contributed by atoms with van der Waals surface area (Å²) in [6, 6.07) is 9.67. The molecule has 0 spiro atoms. The van der Waals surface area contributed by atoms with E-state index in [2.05, 4.69) is 5.32 Å². The highest BCUT2D eigenvalue weighted by Gasteiger charge is 2.03. The van der Waals surface area contributed by atoms with Gasteiger partial charge in [-0.25, -0.2) is 9.86 Å². The van der Waals surface area contributed by atoms with Crippen LogP contribution in [0.2, 0.25) is 0 Å². The first-order valence-corrected chi connectivity index (χ1v) is 6.19. The Labute approximate surface area is 107 Å². The largest absolute Gasteiger partial charge is 0.355 e. The van der Waals surface area contributed by atoms with Crippen LogP contribution >= 0.6 is 12.4 Å². The van der Waals surface area contributed by atoms with Crippen LogP contribution in [0.5, 0.6) is 0 Å². The van der Waals surface area contributed by atoms with Crippen molar-refractivity contribution in [3.63, 3.8) is 0 Å². The highest BCUT2D eigenvalue weighted by atomic mass is 35.5. The predicted molar refractivity (Wildman–Crippen MR) is 69.4 cm³/mol. The lowest BCUT2D eigenvalue weighted by atomic mass is 10.1. The molecule has 0 aromatic heterocycles. The molecule has 0 aliphatic rings. The molecule has 1 aromatic rings. The zero-order valence-corrected chi connectivity index (χ0v) is 10.6. The number of hydrogen-bond donors (Lipinski definition) is 4. The van der Waals surface area contributed by atoms with Crippen molar-refractivity contribution >= 4 is 28.6 Å². The van der Waals surface area contributed by atoms with Gasteiger partial charge in [0.2, 0.25) is 5.96 Å². The van der Waals surface area contributed by atoms with E-state index in [4.69, 9.17) is 10.5 Å². The summed E-state index contributed by atoms with van der Waals surface area (Å²) >= 11 is 0. The van der Waals surface area contributed by atoms with Crippen molar-refractivity contribution in [2.45, 2.75) is 6.42 Å². The normalized spacial score (nSPS) is 10.2. The summed E-state index contributed by atoms with van der Waals surface area (Å²) in [5, 5.41) is 14.5. The van der Waals surface area contributed by atoms with E-state index in [9.17, 15) is 8.42 Å². The van der Waals surface area contributed by atoms with Gasteiger partial charge in [-0.2, -0.15) is 8.42 Å². The minimum Gasteiger partial charge on any atom is -0.355 e. The number of nitrogens with two attached hydrogens (primary N) is 1. The lowest BCUT2D eigenvalue weighted by Crippen LogP contribution is -2.43. The van der Waals surface area contributed by atoms with Gasteiger partial charge < -0.3 is 5.32 Å². The van der Waals surface area contributed by atoms with Crippen LogP contribution in [0.3, 0.4) is 0 Å². The minimum atomic E-state index is -3.86. The Morgan fingerprint density at radius 1 is 1.29 bits per heavy atom. The van der Waals surface area contributed by atoms with Gasteiger partial charge in [0.1, 0.15) is 0 Å². The zero-order valence-electron chi connectivity index (χ0n) is 9.01. The Morgan fingerprint density at radius 3 is 2.41 bits per heavy atom. The number of benzene rings is 1. The molecular formula is C9H15ClN4O2S. The average molecular weight is 279 g/mol. The molecule has 0 amide bonds. The van der Waals surface area contributed by atoms with E-state index in [-0.39, 0.29) is 18.4 Å². The Bertz CT molecular complexity index is 449. The molecule has 0 radical (unpaired) electrons. The first-order valence-electron chi connectivity index (χ1n) is 4.64. The molecule has 0 atom stereocenters. The third-order valence-electron chi connectivity index (χ3n) is 1.80. The van der Waals surface area contributed by atoms with E-state index in [0.29, 0.717) is 13.0 Å². The van der Waals surface area contributed by atoms with Crippen molar-refractivity contribution in [2.75, 3.05) is 6.54 Å². The molecule has 8 heteroatoms. The van der Waals surface area contributed by atoms with Gasteiger partial charge in [0.15, 0.2) is 0 Å². The molecule has 0 heterocycles. The molecule has 17 heavy (non-hydrogen) atoms. The van der Waals surface area contributed by atoms with E-state index < -0.39 is 10.2 Å². The third-order valence-corrected chi connectivity index (χ3v) is 2.29. The van der Waals surface area contributed by atoms with E-state index in [1.807, 2.05) is 35.1 Å². The molecule has 0 unspecified atom stereocenters. The maximum Gasteiger partial charge on any atom is 0.298 e. The molecule has 1 aromatic carbocycles. The fourth-order valence-electron chi connectivity index (χ4n) is 1.15. The van der Waals surface area contributed by atoms with Crippen molar-refractivity contribution in [1.82, 2.24) is 10.0 Å². The third kappa shape index (κ3) is 7.56. The second kappa shape index (κ2) is 7.10. The summed E-state index contributed by atoms with van der Waals surface area (Å²) < 4.78 is 22.9. The van der Waals surface area contributed by atoms with Crippen LogP contribution in [0.15, 0.2) is 30.3 Å². The quantitative estimate of drug-likeness (QED) is 0.459. The van der Waals surface area contributed by atoms with Crippen molar-refractivity contribution < 1.29 is 8.42 Å². The van der Waals surface area contributed by atoms with Crippen LogP contribution in [-0.4, -0.2) is 20.9 Å². The van der Waals surface area contributed by atoms with Crippen molar-refractivity contribution in [2.24, 2.45) is 5.14 Å². The fourth-order valence-corrected chi connectivity index (χ4v) is 1.51. The van der Waals surface area contributed by atoms with E-state index in [1.165, 1.54) is 0 Å². The van der Waals surface area contributed by atoms with Gasteiger partial charge in [-0.1, -0.05) is 30.3 Å². The topological polar surface area (TPSA) is 108 Å². The maximum atomic E-state index is 10.6. The number of rotatable bonds is 4. The van der Waals surface area contributed by atoms with Gasteiger partial charge in [0.25, 0.3) is 10.2 Å². The maximum absolute atomic E-state index is 10.6. The van der Waals surface area contributed by atoms with Crippen LogP contribution in [0.4, 0.5) is 0 Å². The highest BCUT2D eigenvalue weighted by Crippen LogP contribution is 1.97. The van der Waals surface area contributed by atoms with Gasteiger partial charge in [0.05, 0.1) is 0 Å². The Morgan fingerprint density at radius 2 is 1.88 bits per heavy atom. The summed E-state index contributed by atoms with van der Waals surface area (Å²) in [5.74, 6) is -0.321. The summed E-state index contributed by atoms with van der Waals surface area (Å²) in [7, 11) is -3.86. The zero-order chi connectivity index (χ0) is 12.0. The van der Waals surface area contributed by atoms with E-state index >= 15 is 0 Å². The lowest BCUT2D eigenvalue weighted by Gasteiger charge is -2.08. The van der Waals surface area contributed by atoms with E-state index in [0.717, 1.165) is 5.56 Å². The molecule has 1 rings (SSSR count). The van der Waals surface area contributed by atoms with Crippen LogP contribution in [0.1, 0.15) is 5.56 Å². The van der Waals surface area contributed by atoms with E-state index in [1.54, 1.807) is 0 Å². The summed E-state index contributed by atoms with van der Waals surface area (Å²) in [4.78, 5) is 0. The molecule has 5 N–H and O–H groups in total. The first-order chi connectivity index (χ1) is 7.47. The predicted octanol–water partition coefficient (Wildman–Crippen LogP) is -0.0316. The Kier molecular flexibility index (Phi) is 6.55. The smallest absolute Gasteiger partial charge is 0.298 e. The SMILES string of the molecule is Cl.N=C(NCCc1ccccc1)NS(N)(=O)=O. The molecular weight excluding hydrogens is 264 g/mol. The first kappa shape index (κ1) is 15.7. The second-order valence-electron chi connectivity index (χ2n) is 3.18. The molecule has 96 valence electrons. The number of nitrogens with one attached hydrogen (secondary N) is 3. The van der Waals surface area contributed by atoms with Gasteiger partial charge in [0, 0.05) is 6.54 Å². The molecule has 0 bridgehead atoms. The van der Waals surface area contributed by atoms with Crippen molar-refractivity contribution in [3.8, 4) is 0 Å². The van der Waals surface area contributed by atoms with Crippen LogP contribution in [0.25, 0.3) is 0 Å². The van der Waals surface area contributed by atoms with Gasteiger partial charge in [-0.15, -0.1) is 12.4 Å². The van der Waals surface area contributed by atoms with Gasteiger partial charge >= 0.3 is 0 Å². The fraction of sp³-hybridized carbons (Fsp3) is 0.222. The van der Waals surface area contributed by atoms with Crippen molar-refractivity contribution in [1.29, 1.82) is 5.41 Å². The van der Waals surface area contributed by atoms with Crippen LogP contribution in [0, 0.1) is 5.41 Å². The summed E-state index contributed by atoms with van der Waals surface area (Å²) in [6.45, 7) is 0.464.